The van der Waals surface area contributed by atoms with Gasteiger partial charge in [-0.1, -0.05) is 19.8 Å². The largest absolute Gasteiger partial charge is 0.388 e. The number of hydrogen-bond donors (Lipinski definition) is 2. The molecule has 3 nitrogen and oxygen atoms in total. The number of aliphatic hydroxyl groups is 1. The van der Waals surface area contributed by atoms with Gasteiger partial charge in [0.15, 0.2) is 0 Å². The first kappa shape index (κ1) is 13.3. The van der Waals surface area contributed by atoms with E-state index in [1.165, 1.54) is 12.8 Å². The highest BCUT2D eigenvalue weighted by molar-refractivity contribution is 5.04. The monoisotopic (exact) mass is 240 g/mol. The normalized spacial score (nSPS) is 44.8. The van der Waals surface area contributed by atoms with Crippen LogP contribution in [0.5, 0.6) is 0 Å². The van der Waals surface area contributed by atoms with E-state index in [9.17, 15) is 5.11 Å². The van der Waals surface area contributed by atoms with Crippen LogP contribution < -0.4 is 5.73 Å². The van der Waals surface area contributed by atoms with E-state index in [1.54, 1.807) is 0 Å². The summed E-state index contributed by atoms with van der Waals surface area (Å²) in [6.45, 7) is 4.87. The van der Waals surface area contributed by atoms with Crippen LogP contribution in [0.1, 0.15) is 45.4 Å². The molecular weight excluding hydrogens is 212 g/mol. The number of β-amino-alcohol motifs (C(OH)–C–C–N with tert-alkyl or cyclic N) is 1. The average Bonchev–Trinajstić information content (AvgIpc) is 2.30. The molecule has 0 aromatic rings. The standard InChI is InChI=1S/C14H28N2O/c1-12-4-7-13(10-15,8-5-12)14(17)6-3-9-16(2)11-14/h12,17H,3-11,15H2,1-2H3. The van der Waals surface area contributed by atoms with Crippen LogP contribution in [0.2, 0.25) is 0 Å². The van der Waals surface area contributed by atoms with Crippen LogP contribution in [0.3, 0.4) is 0 Å². The fourth-order valence-electron chi connectivity index (χ4n) is 3.85. The van der Waals surface area contributed by atoms with Gasteiger partial charge >= 0.3 is 0 Å². The fraction of sp³-hybridized carbons (Fsp3) is 1.00. The van der Waals surface area contributed by atoms with Gasteiger partial charge in [-0.25, -0.2) is 0 Å². The molecule has 1 atom stereocenters. The topological polar surface area (TPSA) is 49.5 Å². The molecular formula is C14H28N2O. The van der Waals surface area contributed by atoms with Gasteiger partial charge in [-0.05, 0) is 45.2 Å². The summed E-state index contributed by atoms with van der Waals surface area (Å²) in [6, 6.07) is 0. The summed E-state index contributed by atoms with van der Waals surface area (Å²) in [7, 11) is 2.11. The molecule has 0 aromatic carbocycles. The van der Waals surface area contributed by atoms with Crippen LogP contribution >= 0.6 is 0 Å². The molecule has 2 aliphatic rings. The maximum atomic E-state index is 11.1. The Labute approximate surface area is 105 Å². The van der Waals surface area contributed by atoms with E-state index in [4.69, 9.17) is 5.73 Å². The molecule has 0 spiro atoms. The highest BCUT2D eigenvalue weighted by atomic mass is 16.3. The molecule has 0 radical (unpaired) electrons. The van der Waals surface area contributed by atoms with Gasteiger partial charge in [0.05, 0.1) is 5.60 Å². The van der Waals surface area contributed by atoms with Crippen molar-refractivity contribution >= 4 is 0 Å². The van der Waals surface area contributed by atoms with Crippen LogP contribution in [0.25, 0.3) is 0 Å². The summed E-state index contributed by atoms with van der Waals surface area (Å²) in [5.41, 5.74) is 5.50. The molecule has 1 aliphatic heterocycles. The van der Waals surface area contributed by atoms with Crippen molar-refractivity contribution in [2.24, 2.45) is 17.1 Å². The number of piperidine rings is 1. The predicted molar refractivity (Wildman–Crippen MR) is 70.8 cm³/mol. The van der Waals surface area contributed by atoms with Crippen molar-refractivity contribution in [3.63, 3.8) is 0 Å². The van der Waals surface area contributed by atoms with Crippen molar-refractivity contribution in [2.45, 2.75) is 51.0 Å². The van der Waals surface area contributed by atoms with Gasteiger partial charge in [0.25, 0.3) is 0 Å². The summed E-state index contributed by atoms with van der Waals surface area (Å²) in [4.78, 5) is 2.26. The number of nitrogens with zero attached hydrogens (tertiary/aromatic N) is 1. The Kier molecular flexibility index (Phi) is 3.81. The molecule has 3 heteroatoms. The van der Waals surface area contributed by atoms with Crippen molar-refractivity contribution in [3.05, 3.63) is 0 Å². The predicted octanol–water partition coefficient (Wildman–Crippen LogP) is 1.60. The lowest BCUT2D eigenvalue weighted by molar-refractivity contribution is -0.137. The van der Waals surface area contributed by atoms with E-state index in [0.717, 1.165) is 44.7 Å². The third-order valence-corrected chi connectivity index (χ3v) is 5.27. The van der Waals surface area contributed by atoms with Crippen LogP contribution in [-0.4, -0.2) is 42.3 Å². The minimum Gasteiger partial charge on any atom is -0.388 e. The molecule has 1 unspecified atom stereocenters. The van der Waals surface area contributed by atoms with Crippen molar-refractivity contribution in [1.29, 1.82) is 0 Å². The Hall–Kier alpha value is -0.120. The summed E-state index contributed by atoms with van der Waals surface area (Å²) in [6.07, 6.45) is 6.70. The molecule has 2 rings (SSSR count). The zero-order chi connectivity index (χ0) is 12.5. The maximum Gasteiger partial charge on any atom is 0.0842 e. The van der Waals surface area contributed by atoms with Gasteiger partial charge in [-0.3, -0.25) is 0 Å². The van der Waals surface area contributed by atoms with Crippen molar-refractivity contribution in [3.8, 4) is 0 Å². The van der Waals surface area contributed by atoms with Gasteiger partial charge in [-0.2, -0.15) is 0 Å². The minimum atomic E-state index is -0.547. The van der Waals surface area contributed by atoms with Crippen LogP contribution in [0.15, 0.2) is 0 Å². The van der Waals surface area contributed by atoms with E-state index in [0.29, 0.717) is 6.54 Å². The second kappa shape index (κ2) is 4.87. The molecule has 0 amide bonds. The first-order valence-electron chi connectivity index (χ1n) is 7.12. The molecule has 0 bridgehead atoms. The number of likely N-dealkylation sites (N-methyl/N-ethyl adjacent to an activating group) is 1. The molecule has 1 saturated heterocycles. The number of nitrogens with two attached hydrogens (primary N) is 1. The summed E-state index contributed by atoms with van der Waals surface area (Å²) in [5.74, 6) is 0.805. The first-order chi connectivity index (χ1) is 8.01. The molecule has 0 aromatic heterocycles. The lowest BCUT2D eigenvalue weighted by Gasteiger charge is -2.53. The second-order valence-corrected chi connectivity index (χ2v) is 6.54. The van der Waals surface area contributed by atoms with Gasteiger partial charge in [0.2, 0.25) is 0 Å². The highest BCUT2D eigenvalue weighted by Crippen LogP contribution is 2.48. The SMILES string of the molecule is CC1CCC(CN)(C2(O)CCCN(C)C2)CC1. The lowest BCUT2D eigenvalue weighted by Crippen LogP contribution is -2.61. The van der Waals surface area contributed by atoms with Gasteiger partial charge in [-0.15, -0.1) is 0 Å². The summed E-state index contributed by atoms with van der Waals surface area (Å²) in [5, 5.41) is 11.1. The molecule has 1 aliphatic carbocycles. The first-order valence-corrected chi connectivity index (χ1v) is 7.12. The van der Waals surface area contributed by atoms with E-state index < -0.39 is 5.60 Å². The van der Waals surface area contributed by atoms with Crippen LogP contribution in [0, 0.1) is 11.3 Å². The molecule has 2 fully saturated rings. The Morgan fingerprint density at radius 3 is 2.47 bits per heavy atom. The molecule has 1 saturated carbocycles. The molecule has 17 heavy (non-hydrogen) atoms. The zero-order valence-electron chi connectivity index (χ0n) is 11.4. The van der Waals surface area contributed by atoms with Crippen molar-refractivity contribution < 1.29 is 5.11 Å². The number of rotatable bonds is 2. The molecule has 3 N–H and O–H groups in total. The number of likely N-dealkylation sites (tertiary alicyclic amines) is 1. The smallest absolute Gasteiger partial charge is 0.0842 e. The van der Waals surface area contributed by atoms with Gasteiger partial charge in [0.1, 0.15) is 0 Å². The van der Waals surface area contributed by atoms with E-state index >= 15 is 0 Å². The maximum absolute atomic E-state index is 11.1. The Bertz CT molecular complexity index is 261. The summed E-state index contributed by atoms with van der Waals surface area (Å²) < 4.78 is 0. The van der Waals surface area contributed by atoms with Crippen LogP contribution in [-0.2, 0) is 0 Å². The minimum absolute atomic E-state index is 0.0197. The fourth-order valence-corrected chi connectivity index (χ4v) is 3.85. The van der Waals surface area contributed by atoms with Gasteiger partial charge < -0.3 is 15.7 Å². The summed E-state index contributed by atoms with van der Waals surface area (Å²) >= 11 is 0. The molecule has 1 heterocycles. The van der Waals surface area contributed by atoms with E-state index in [1.807, 2.05) is 0 Å². The Morgan fingerprint density at radius 2 is 1.94 bits per heavy atom. The van der Waals surface area contributed by atoms with Gasteiger partial charge in [0, 0.05) is 18.5 Å². The third kappa shape index (κ3) is 2.38. The van der Waals surface area contributed by atoms with Crippen molar-refractivity contribution in [1.82, 2.24) is 4.90 Å². The lowest BCUT2D eigenvalue weighted by atomic mass is 9.59. The third-order valence-electron chi connectivity index (χ3n) is 5.27. The number of hydrogen-bond acceptors (Lipinski definition) is 3. The second-order valence-electron chi connectivity index (χ2n) is 6.54. The highest BCUT2D eigenvalue weighted by Gasteiger charge is 2.51. The quantitative estimate of drug-likeness (QED) is 0.771. The van der Waals surface area contributed by atoms with E-state index in [2.05, 4.69) is 18.9 Å². The Morgan fingerprint density at radius 1 is 1.29 bits per heavy atom. The molecule has 100 valence electrons. The Balaban J connectivity index is 2.15. The van der Waals surface area contributed by atoms with Crippen molar-refractivity contribution in [2.75, 3.05) is 26.7 Å². The average molecular weight is 240 g/mol. The van der Waals surface area contributed by atoms with E-state index in [-0.39, 0.29) is 5.41 Å². The van der Waals surface area contributed by atoms with Crippen LogP contribution in [0.4, 0.5) is 0 Å². The zero-order valence-corrected chi connectivity index (χ0v) is 11.4.